The summed E-state index contributed by atoms with van der Waals surface area (Å²) in [4.78, 5) is 0. The normalized spacial score (nSPS) is 12.5. The third-order valence-corrected chi connectivity index (χ3v) is 3.04. The Kier molecular flexibility index (Phi) is 3.90. The summed E-state index contributed by atoms with van der Waals surface area (Å²) < 4.78 is 40.7. The first-order valence-corrected chi connectivity index (χ1v) is 5.93. The van der Waals surface area contributed by atoms with Gasteiger partial charge in [-0.1, -0.05) is 23.8 Å². The van der Waals surface area contributed by atoms with Gasteiger partial charge in [0.2, 0.25) is 0 Å². The molecule has 4 heteroatoms. The van der Waals surface area contributed by atoms with E-state index in [1.54, 1.807) is 19.1 Å². The van der Waals surface area contributed by atoms with E-state index in [-0.39, 0.29) is 17.5 Å². The lowest BCUT2D eigenvalue weighted by Crippen LogP contribution is -2.17. The lowest BCUT2D eigenvalue weighted by atomic mass is 9.97. The standard InChI is InChI=1S/C15H14F3N/c1-9-5-6-14(18)11(7-9)15(19)8-10-12(16)3-2-4-13(10)17/h2-7,15H,8,19H2,1H3. The molecule has 100 valence electrons. The van der Waals surface area contributed by atoms with Crippen LogP contribution in [0.15, 0.2) is 36.4 Å². The first-order valence-electron chi connectivity index (χ1n) is 5.93. The van der Waals surface area contributed by atoms with E-state index in [1.807, 2.05) is 0 Å². The third-order valence-electron chi connectivity index (χ3n) is 3.04. The predicted octanol–water partition coefficient (Wildman–Crippen LogP) is 3.65. The monoisotopic (exact) mass is 265 g/mol. The fourth-order valence-corrected chi connectivity index (χ4v) is 2.00. The number of aryl methyl sites for hydroxylation is 1. The Morgan fingerprint density at radius 3 is 2.26 bits per heavy atom. The van der Waals surface area contributed by atoms with Gasteiger partial charge in [-0.05, 0) is 31.5 Å². The number of halogens is 3. The summed E-state index contributed by atoms with van der Waals surface area (Å²) in [5, 5.41) is 0. The van der Waals surface area contributed by atoms with Gasteiger partial charge in [0.15, 0.2) is 0 Å². The Labute approximate surface area is 109 Å². The highest BCUT2D eigenvalue weighted by molar-refractivity contribution is 5.29. The quantitative estimate of drug-likeness (QED) is 0.900. The number of hydrogen-bond donors (Lipinski definition) is 1. The zero-order valence-electron chi connectivity index (χ0n) is 10.5. The molecule has 0 aliphatic heterocycles. The molecule has 2 rings (SSSR count). The maximum Gasteiger partial charge on any atom is 0.129 e. The predicted molar refractivity (Wildman–Crippen MR) is 68.1 cm³/mol. The van der Waals surface area contributed by atoms with Crippen LogP contribution in [0.1, 0.15) is 22.7 Å². The van der Waals surface area contributed by atoms with Crippen molar-refractivity contribution in [2.45, 2.75) is 19.4 Å². The number of benzene rings is 2. The molecule has 0 bridgehead atoms. The van der Waals surface area contributed by atoms with E-state index in [0.29, 0.717) is 0 Å². The van der Waals surface area contributed by atoms with Gasteiger partial charge in [-0.3, -0.25) is 0 Å². The number of rotatable bonds is 3. The highest BCUT2D eigenvalue weighted by Gasteiger charge is 2.17. The van der Waals surface area contributed by atoms with Crippen molar-refractivity contribution >= 4 is 0 Å². The molecular formula is C15H14F3N. The first kappa shape index (κ1) is 13.6. The van der Waals surface area contributed by atoms with Crippen LogP contribution in [0.3, 0.4) is 0 Å². The highest BCUT2D eigenvalue weighted by Crippen LogP contribution is 2.23. The molecule has 0 saturated heterocycles. The molecule has 2 aromatic carbocycles. The van der Waals surface area contributed by atoms with Crippen molar-refractivity contribution in [2.75, 3.05) is 0 Å². The van der Waals surface area contributed by atoms with E-state index < -0.39 is 23.5 Å². The van der Waals surface area contributed by atoms with Crippen LogP contribution >= 0.6 is 0 Å². The lowest BCUT2D eigenvalue weighted by Gasteiger charge is -2.14. The van der Waals surface area contributed by atoms with Crippen molar-refractivity contribution < 1.29 is 13.2 Å². The summed E-state index contributed by atoms with van der Waals surface area (Å²) in [5.41, 5.74) is 6.86. The van der Waals surface area contributed by atoms with Crippen molar-refractivity contribution in [1.29, 1.82) is 0 Å². The van der Waals surface area contributed by atoms with Crippen LogP contribution in [0.2, 0.25) is 0 Å². The van der Waals surface area contributed by atoms with Gasteiger partial charge in [0.25, 0.3) is 0 Å². The van der Waals surface area contributed by atoms with Gasteiger partial charge >= 0.3 is 0 Å². The first-order chi connectivity index (χ1) is 8.99. The maximum absolute atomic E-state index is 13.7. The van der Waals surface area contributed by atoms with E-state index in [0.717, 1.165) is 17.7 Å². The van der Waals surface area contributed by atoms with Crippen molar-refractivity contribution in [3.05, 3.63) is 70.5 Å². The smallest absolute Gasteiger partial charge is 0.129 e. The van der Waals surface area contributed by atoms with Crippen LogP contribution in [0.4, 0.5) is 13.2 Å². The molecule has 1 unspecified atom stereocenters. The topological polar surface area (TPSA) is 26.0 Å². The second-order valence-corrected chi connectivity index (χ2v) is 4.54. The molecule has 1 nitrogen and oxygen atoms in total. The van der Waals surface area contributed by atoms with Crippen LogP contribution in [0.5, 0.6) is 0 Å². The second-order valence-electron chi connectivity index (χ2n) is 4.54. The van der Waals surface area contributed by atoms with E-state index in [4.69, 9.17) is 5.73 Å². The van der Waals surface area contributed by atoms with E-state index in [1.165, 1.54) is 12.1 Å². The molecule has 2 aromatic rings. The number of nitrogens with two attached hydrogens (primary N) is 1. The molecule has 0 aromatic heterocycles. The van der Waals surface area contributed by atoms with Crippen LogP contribution in [0, 0.1) is 24.4 Å². The molecule has 0 aliphatic rings. The van der Waals surface area contributed by atoms with E-state index in [9.17, 15) is 13.2 Å². The van der Waals surface area contributed by atoms with Gasteiger partial charge in [-0.25, -0.2) is 13.2 Å². The van der Waals surface area contributed by atoms with Gasteiger partial charge in [0, 0.05) is 17.2 Å². The maximum atomic E-state index is 13.7. The second kappa shape index (κ2) is 5.45. The molecule has 0 saturated carbocycles. The molecule has 0 amide bonds. The zero-order chi connectivity index (χ0) is 14.0. The summed E-state index contributed by atoms with van der Waals surface area (Å²) in [7, 11) is 0. The zero-order valence-corrected chi connectivity index (χ0v) is 10.5. The summed E-state index contributed by atoms with van der Waals surface area (Å²) in [5.74, 6) is -1.79. The molecular weight excluding hydrogens is 251 g/mol. The van der Waals surface area contributed by atoms with Crippen LogP contribution < -0.4 is 5.73 Å². The fraction of sp³-hybridized carbons (Fsp3) is 0.200. The van der Waals surface area contributed by atoms with Gasteiger partial charge in [-0.2, -0.15) is 0 Å². The summed E-state index contributed by atoms with van der Waals surface area (Å²) in [6, 6.07) is 7.35. The SMILES string of the molecule is Cc1ccc(F)c(C(N)Cc2c(F)cccc2F)c1. The minimum absolute atomic E-state index is 0.0844. The Morgan fingerprint density at radius 2 is 1.63 bits per heavy atom. The molecule has 2 N–H and O–H groups in total. The van der Waals surface area contributed by atoms with E-state index in [2.05, 4.69) is 0 Å². The summed E-state index contributed by atoms with van der Waals surface area (Å²) in [6.45, 7) is 1.80. The minimum atomic E-state index is -0.786. The molecule has 0 fully saturated rings. The average Bonchev–Trinajstić information content (AvgIpc) is 2.37. The van der Waals surface area contributed by atoms with Crippen molar-refractivity contribution in [1.82, 2.24) is 0 Å². The van der Waals surface area contributed by atoms with Crippen LogP contribution in [-0.4, -0.2) is 0 Å². The Balaban J connectivity index is 2.31. The van der Waals surface area contributed by atoms with Gasteiger partial charge < -0.3 is 5.73 Å². The lowest BCUT2D eigenvalue weighted by molar-refractivity contribution is 0.528. The Morgan fingerprint density at radius 1 is 1.00 bits per heavy atom. The van der Waals surface area contributed by atoms with Crippen molar-refractivity contribution in [2.24, 2.45) is 5.73 Å². The number of hydrogen-bond acceptors (Lipinski definition) is 1. The van der Waals surface area contributed by atoms with Crippen molar-refractivity contribution in [3.8, 4) is 0 Å². The third kappa shape index (κ3) is 2.96. The van der Waals surface area contributed by atoms with Crippen LogP contribution in [0.25, 0.3) is 0 Å². The van der Waals surface area contributed by atoms with Crippen LogP contribution in [-0.2, 0) is 6.42 Å². The molecule has 0 radical (unpaired) electrons. The molecule has 0 spiro atoms. The Hall–Kier alpha value is -1.81. The molecule has 19 heavy (non-hydrogen) atoms. The summed E-state index contributed by atoms with van der Waals surface area (Å²) >= 11 is 0. The molecule has 0 heterocycles. The molecule has 1 atom stereocenters. The minimum Gasteiger partial charge on any atom is -0.324 e. The largest absolute Gasteiger partial charge is 0.324 e. The van der Waals surface area contributed by atoms with E-state index >= 15 is 0 Å². The van der Waals surface area contributed by atoms with Crippen molar-refractivity contribution in [3.63, 3.8) is 0 Å². The van der Waals surface area contributed by atoms with Gasteiger partial charge in [-0.15, -0.1) is 0 Å². The Bertz CT molecular complexity index is 576. The summed E-state index contributed by atoms with van der Waals surface area (Å²) in [6.07, 6.45) is -0.0844. The average molecular weight is 265 g/mol. The van der Waals surface area contributed by atoms with Gasteiger partial charge in [0.1, 0.15) is 17.5 Å². The molecule has 0 aliphatic carbocycles. The highest BCUT2D eigenvalue weighted by atomic mass is 19.1. The fourth-order valence-electron chi connectivity index (χ4n) is 2.00. The van der Waals surface area contributed by atoms with Gasteiger partial charge in [0.05, 0.1) is 0 Å².